The summed E-state index contributed by atoms with van der Waals surface area (Å²) in [5.41, 5.74) is 7.08. The molecule has 1 atom stereocenters. The van der Waals surface area contributed by atoms with Gasteiger partial charge in [0.25, 0.3) is 10.0 Å². The molecule has 0 saturated heterocycles. The number of amides is 1. The number of aliphatic carboxylic acids is 1. The van der Waals surface area contributed by atoms with Crippen LogP contribution in [0.1, 0.15) is 11.3 Å². The number of hydrogen-bond acceptors (Lipinski definition) is 12. The van der Waals surface area contributed by atoms with Crippen LogP contribution in [0.3, 0.4) is 0 Å². The highest BCUT2D eigenvalue weighted by Gasteiger charge is 2.21. The second-order valence-electron chi connectivity index (χ2n) is 8.61. The molecule has 0 radical (unpaired) electrons. The molecule has 218 valence electrons. The number of carbonyl (C=O) groups is 2. The monoisotopic (exact) mass is 605 g/mol. The van der Waals surface area contributed by atoms with E-state index < -0.39 is 27.9 Å². The Kier molecular flexibility index (Phi) is 9.79. The fourth-order valence-electron chi connectivity index (χ4n) is 3.49. The quantitative estimate of drug-likeness (QED) is 0.143. The first kappa shape index (κ1) is 29.8. The van der Waals surface area contributed by atoms with Crippen molar-refractivity contribution in [3.05, 3.63) is 59.9 Å². The summed E-state index contributed by atoms with van der Waals surface area (Å²) in [7, 11) is -3.91. The van der Waals surface area contributed by atoms with E-state index in [-0.39, 0.29) is 30.7 Å². The largest absolute Gasteiger partial charge is 0.492 e. The smallest absolute Gasteiger partial charge is 0.328 e. The van der Waals surface area contributed by atoms with Crippen LogP contribution in [0.5, 0.6) is 11.5 Å². The third kappa shape index (κ3) is 8.66. The molecule has 4 aromatic rings. The lowest BCUT2D eigenvalue weighted by atomic mass is 10.2. The van der Waals surface area contributed by atoms with Crippen molar-refractivity contribution in [2.75, 3.05) is 19.8 Å². The molecule has 0 spiro atoms. The Morgan fingerprint density at radius 3 is 2.68 bits per heavy atom. The van der Waals surface area contributed by atoms with Crippen molar-refractivity contribution in [3.8, 4) is 11.5 Å². The first-order chi connectivity index (χ1) is 19.6. The molecule has 17 heteroatoms. The zero-order valence-electron chi connectivity index (χ0n) is 21.5. The molecule has 0 fully saturated rings. The van der Waals surface area contributed by atoms with Gasteiger partial charge in [-0.1, -0.05) is 17.3 Å². The SMILES string of the molecule is NCCOc1cccc(COCC(NC(=O)Cn2cc(COc3ccc4nc(S(N)(=O)=O)sc4c3)nn2)C(=O)O)c1. The first-order valence-corrected chi connectivity index (χ1v) is 14.4. The molecule has 0 aliphatic rings. The van der Waals surface area contributed by atoms with Crippen molar-refractivity contribution < 1.29 is 37.3 Å². The van der Waals surface area contributed by atoms with Crippen LogP contribution in [0.15, 0.2) is 53.0 Å². The van der Waals surface area contributed by atoms with Crippen molar-refractivity contribution in [3.63, 3.8) is 0 Å². The summed E-state index contributed by atoms with van der Waals surface area (Å²) in [6.07, 6.45) is 1.48. The molecule has 0 aliphatic heterocycles. The average molecular weight is 606 g/mol. The molecule has 15 nitrogen and oxygen atoms in total. The Labute approximate surface area is 238 Å². The second kappa shape index (κ2) is 13.5. The number of fused-ring (bicyclic) bond motifs is 1. The van der Waals surface area contributed by atoms with Gasteiger partial charge in [-0.25, -0.2) is 28.0 Å². The fraction of sp³-hybridized carbons (Fsp3) is 0.292. The number of aromatic nitrogens is 4. The van der Waals surface area contributed by atoms with Crippen LogP contribution in [-0.4, -0.2) is 71.2 Å². The number of rotatable bonds is 15. The summed E-state index contributed by atoms with van der Waals surface area (Å²) in [5, 5.41) is 24.9. The van der Waals surface area contributed by atoms with Gasteiger partial charge >= 0.3 is 5.97 Å². The van der Waals surface area contributed by atoms with E-state index >= 15 is 0 Å². The molecule has 0 bridgehead atoms. The average Bonchev–Trinajstić information content (AvgIpc) is 3.57. The Balaban J connectivity index is 1.25. The van der Waals surface area contributed by atoms with E-state index in [1.807, 2.05) is 0 Å². The number of nitrogens with two attached hydrogens (primary N) is 2. The zero-order valence-corrected chi connectivity index (χ0v) is 23.1. The normalized spacial score (nSPS) is 12.2. The number of carbonyl (C=O) groups excluding carboxylic acids is 1. The van der Waals surface area contributed by atoms with Crippen molar-refractivity contribution >= 4 is 43.5 Å². The lowest BCUT2D eigenvalue weighted by Gasteiger charge is -2.15. The molecule has 2 aromatic carbocycles. The number of carboxylic acids is 1. The Morgan fingerprint density at radius 2 is 1.93 bits per heavy atom. The minimum absolute atomic E-state index is 0.0119. The number of benzene rings is 2. The summed E-state index contributed by atoms with van der Waals surface area (Å²) in [6.45, 7) is 0.346. The highest BCUT2D eigenvalue weighted by atomic mass is 32.2. The summed E-state index contributed by atoms with van der Waals surface area (Å²) < 4.78 is 41.3. The van der Waals surface area contributed by atoms with Crippen LogP contribution in [0.2, 0.25) is 0 Å². The summed E-state index contributed by atoms with van der Waals surface area (Å²) in [4.78, 5) is 28.1. The summed E-state index contributed by atoms with van der Waals surface area (Å²) >= 11 is 0.924. The van der Waals surface area contributed by atoms with Crippen molar-refractivity contribution in [2.24, 2.45) is 10.9 Å². The summed E-state index contributed by atoms with van der Waals surface area (Å²) in [6, 6.07) is 10.7. The van der Waals surface area contributed by atoms with Gasteiger partial charge < -0.3 is 30.4 Å². The molecule has 1 amide bonds. The second-order valence-corrected chi connectivity index (χ2v) is 11.4. The molecular formula is C24H27N7O8S2. The van der Waals surface area contributed by atoms with E-state index in [4.69, 9.17) is 25.1 Å². The minimum Gasteiger partial charge on any atom is -0.492 e. The molecule has 2 heterocycles. The Bertz CT molecular complexity index is 1620. The third-order valence-electron chi connectivity index (χ3n) is 5.33. The van der Waals surface area contributed by atoms with Gasteiger partial charge in [0.1, 0.15) is 37.0 Å². The van der Waals surface area contributed by atoms with Gasteiger partial charge in [0.15, 0.2) is 6.04 Å². The molecule has 2 aromatic heterocycles. The van der Waals surface area contributed by atoms with E-state index in [1.54, 1.807) is 42.5 Å². The fourth-order valence-corrected chi connectivity index (χ4v) is 5.18. The number of thiazole rings is 1. The molecule has 0 saturated carbocycles. The third-order valence-corrected chi connectivity index (χ3v) is 7.67. The highest BCUT2D eigenvalue weighted by Crippen LogP contribution is 2.28. The van der Waals surface area contributed by atoms with Crippen LogP contribution in [0.4, 0.5) is 0 Å². The lowest BCUT2D eigenvalue weighted by molar-refractivity contribution is -0.144. The van der Waals surface area contributed by atoms with Crippen LogP contribution >= 0.6 is 11.3 Å². The number of nitrogens with zero attached hydrogens (tertiary/aromatic N) is 4. The van der Waals surface area contributed by atoms with E-state index in [0.29, 0.717) is 40.6 Å². The Hall–Kier alpha value is -4.16. The minimum atomic E-state index is -3.91. The lowest BCUT2D eigenvalue weighted by Crippen LogP contribution is -2.45. The number of sulfonamides is 1. The van der Waals surface area contributed by atoms with Crippen molar-refractivity contribution in [2.45, 2.75) is 30.1 Å². The number of hydrogen-bond donors (Lipinski definition) is 4. The predicted octanol–water partition coefficient (Wildman–Crippen LogP) is 0.238. The van der Waals surface area contributed by atoms with Crippen molar-refractivity contribution in [1.29, 1.82) is 0 Å². The van der Waals surface area contributed by atoms with Crippen LogP contribution in [0.25, 0.3) is 10.2 Å². The molecular weight excluding hydrogens is 578 g/mol. The van der Waals surface area contributed by atoms with Crippen LogP contribution in [0, 0.1) is 0 Å². The molecule has 4 rings (SSSR count). The molecule has 1 unspecified atom stereocenters. The molecule has 41 heavy (non-hydrogen) atoms. The number of nitrogens with one attached hydrogen (secondary N) is 1. The van der Waals surface area contributed by atoms with Crippen LogP contribution in [-0.2, 0) is 44.1 Å². The van der Waals surface area contributed by atoms with E-state index in [2.05, 4.69) is 20.6 Å². The van der Waals surface area contributed by atoms with Gasteiger partial charge in [-0.2, -0.15) is 0 Å². The standard InChI is InChI=1S/C24H27N7O8S2/c25-6-7-38-17-3-1-2-15(8-17)12-37-14-20(23(33)34)27-22(32)11-31-10-16(29-30-31)13-39-18-4-5-19-21(9-18)40-24(28-19)41(26,35)36/h1-5,8-10,20H,6-7,11-14,25H2,(H,27,32)(H,33,34)(H2,26,35,36). The van der Waals surface area contributed by atoms with Gasteiger partial charge in [-0.3, -0.25) is 4.79 Å². The molecule has 6 N–H and O–H groups in total. The number of ether oxygens (including phenoxy) is 3. The number of carboxylic acid groups (broad SMARTS) is 1. The zero-order chi connectivity index (χ0) is 29.4. The highest BCUT2D eigenvalue weighted by molar-refractivity contribution is 7.91. The van der Waals surface area contributed by atoms with Gasteiger partial charge in [0.05, 0.1) is 29.6 Å². The number of primary sulfonamides is 1. The molecule has 0 aliphatic carbocycles. The topological polar surface area (TPSA) is 224 Å². The van der Waals surface area contributed by atoms with Gasteiger partial charge in [-0.15, -0.1) is 16.4 Å². The van der Waals surface area contributed by atoms with E-state index in [0.717, 1.165) is 16.9 Å². The van der Waals surface area contributed by atoms with Gasteiger partial charge in [0, 0.05) is 6.54 Å². The maximum atomic E-state index is 12.5. The maximum Gasteiger partial charge on any atom is 0.328 e. The van der Waals surface area contributed by atoms with Gasteiger partial charge in [0.2, 0.25) is 10.2 Å². The first-order valence-electron chi connectivity index (χ1n) is 12.1. The van der Waals surface area contributed by atoms with Crippen molar-refractivity contribution in [1.82, 2.24) is 25.3 Å². The maximum absolute atomic E-state index is 12.5. The Morgan fingerprint density at radius 1 is 1.12 bits per heavy atom. The van der Waals surface area contributed by atoms with E-state index in [1.165, 1.54) is 10.9 Å². The van der Waals surface area contributed by atoms with Crippen LogP contribution < -0.4 is 25.7 Å². The van der Waals surface area contributed by atoms with E-state index in [9.17, 15) is 23.1 Å². The summed E-state index contributed by atoms with van der Waals surface area (Å²) in [5.74, 6) is -0.789. The van der Waals surface area contributed by atoms with Gasteiger partial charge in [-0.05, 0) is 35.9 Å². The predicted molar refractivity (Wildman–Crippen MR) is 146 cm³/mol.